The lowest BCUT2D eigenvalue weighted by Gasteiger charge is -2.07. The molecule has 0 aromatic heterocycles. The maximum atomic E-state index is 12.3. The molecule has 108 valence electrons. The molecule has 0 aliphatic heterocycles. The molecule has 1 aromatic rings. The van der Waals surface area contributed by atoms with E-state index < -0.39 is 23.4 Å². The van der Waals surface area contributed by atoms with Crippen molar-refractivity contribution in [1.82, 2.24) is 0 Å². The average Bonchev–Trinajstić information content (AvgIpc) is 2.39. The third-order valence-electron chi connectivity index (χ3n) is 2.11. The zero-order valence-corrected chi connectivity index (χ0v) is 10.4. The van der Waals surface area contributed by atoms with Gasteiger partial charge in [0, 0.05) is 0 Å². The molecule has 0 amide bonds. The molecule has 1 aromatic carbocycles. The van der Waals surface area contributed by atoms with Crippen LogP contribution in [0, 0.1) is 0 Å². The van der Waals surface area contributed by atoms with Gasteiger partial charge >= 0.3 is 12.1 Å². The van der Waals surface area contributed by atoms with Gasteiger partial charge in [0.15, 0.2) is 6.29 Å². The summed E-state index contributed by atoms with van der Waals surface area (Å²) in [6.07, 6.45) is -4.24. The molecule has 0 spiro atoms. The zero-order chi connectivity index (χ0) is 15.2. The van der Waals surface area contributed by atoms with Crippen LogP contribution in [-0.4, -0.2) is 24.6 Å². The Morgan fingerprint density at radius 1 is 1.35 bits per heavy atom. The van der Waals surface area contributed by atoms with Crippen LogP contribution < -0.4 is 5.43 Å². The van der Waals surface area contributed by atoms with Crippen molar-refractivity contribution in [3.8, 4) is 0 Å². The first-order valence-corrected chi connectivity index (χ1v) is 5.51. The van der Waals surface area contributed by atoms with Crippen LogP contribution in [-0.2, 0) is 20.5 Å². The lowest BCUT2D eigenvalue weighted by atomic mass is 10.2. The molecule has 0 aliphatic carbocycles. The smallest absolute Gasteiger partial charge is 0.416 e. The Morgan fingerprint density at radius 2 is 1.95 bits per heavy atom. The van der Waals surface area contributed by atoms with Crippen LogP contribution in [0.25, 0.3) is 0 Å². The molecule has 0 fully saturated rings. The number of rotatable bonds is 5. The third-order valence-corrected chi connectivity index (χ3v) is 2.11. The van der Waals surface area contributed by atoms with Gasteiger partial charge in [0.05, 0.1) is 17.9 Å². The summed E-state index contributed by atoms with van der Waals surface area (Å²) in [5.74, 6) is -0.915. The zero-order valence-electron chi connectivity index (χ0n) is 10.4. The van der Waals surface area contributed by atoms with E-state index in [0.29, 0.717) is 0 Å². The number of carbonyl (C=O) groups is 2. The SMILES string of the molecule is CCOC(=O)C(C=O)=NNc1ccc(C(F)(F)F)cc1. The summed E-state index contributed by atoms with van der Waals surface area (Å²) in [5, 5.41) is 3.47. The highest BCUT2D eigenvalue weighted by Gasteiger charge is 2.29. The molecule has 0 saturated heterocycles. The summed E-state index contributed by atoms with van der Waals surface area (Å²) >= 11 is 0. The van der Waals surface area contributed by atoms with E-state index in [1.54, 1.807) is 6.92 Å². The van der Waals surface area contributed by atoms with E-state index in [0.717, 1.165) is 24.3 Å². The molecule has 0 atom stereocenters. The number of halogens is 3. The lowest BCUT2D eigenvalue weighted by molar-refractivity contribution is -0.137. The largest absolute Gasteiger partial charge is 0.461 e. The van der Waals surface area contributed by atoms with Gasteiger partial charge in [0.1, 0.15) is 0 Å². The highest BCUT2D eigenvalue weighted by atomic mass is 19.4. The van der Waals surface area contributed by atoms with Gasteiger partial charge in [-0.2, -0.15) is 18.3 Å². The monoisotopic (exact) mass is 288 g/mol. The first kappa shape index (κ1) is 15.7. The molecule has 0 unspecified atom stereocenters. The standard InChI is InChI=1S/C12H11F3N2O3/c1-2-20-11(19)10(7-18)17-16-9-5-3-8(4-6-9)12(13,14)15/h3-7,16H,2H2,1H3. The fraction of sp³-hybridized carbons (Fsp3) is 0.250. The number of aldehydes is 1. The van der Waals surface area contributed by atoms with E-state index in [4.69, 9.17) is 0 Å². The molecule has 0 saturated carbocycles. The summed E-state index contributed by atoms with van der Waals surface area (Å²) in [4.78, 5) is 21.8. The summed E-state index contributed by atoms with van der Waals surface area (Å²) < 4.78 is 41.5. The highest BCUT2D eigenvalue weighted by molar-refractivity contribution is 6.58. The van der Waals surface area contributed by atoms with Crippen molar-refractivity contribution in [2.45, 2.75) is 13.1 Å². The molecule has 0 bridgehead atoms. The first-order chi connectivity index (χ1) is 9.38. The Kier molecular flexibility index (Phi) is 5.24. The molecule has 1 N–H and O–H groups in total. The van der Waals surface area contributed by atoms with Crippen LogP contribution in [0.2, 0.25) is 0 Å². The number of nitrogens with zero attached hydrogens (tertiary/aromatic N) is 1. The van der Waals surface area contributed by atoms with Gasteiger partial charge in [0.2, 0.25) is 5.71 Å². The van der Waals surface area contributed by atoms with E-state index in [1.165, 1.54) is 0 Å². The van der Waals surface area contributed by atoms with E-state index in [1.807, 2.05) is 0 Å². The van der Waals surface area contributed by atoms with Gasteiger partial charge in [0.25, 0.3) is 0 Å². The Hall–Kier alpha value is -2.38. The van der Waals surface area contributed by atoms with Gasteiger partial charge in [-0.3, -0.25) is 10.2 Å². The van der Waals surface area contributed by atoms with Crippen LogP contribution >= 0.6 is 0 Å². The third kappa shape index (κ3) is 4.38. The van der Waals surface area contributed by atoms with Gasteiger partial charge in [-0.15, -0.1) is 0 Å². The van der Waals surface area contributed by atoms with Crippen molar-refractivity contribution < 1.29 is 27.5 Å². The van der Waals surface area contributed by atoms with Crippen molar-refractivity contribution in [2.75, 3.05) is 12.0 Å². The summed E-state index contributed by atoms with van der Waals surface area (Å²) in [6, 6.07) is 3.95. The Labute approximate surface area is 112 Å². The Balaban J connectivity index is 2.78. The van der Waals surface area contributed by atoms with Crippen molar-refractivity contribution >= 4 is 23.7 Å². The molecule has 1 rings (SSSR count). The van der Waals surface area contributed by atoms with E-state index in [9.17, 15) is 22.8 Å². The number of hydrazone groups is 1. The van der Waals surface area contributed by atoms with Gasteiger partial charge in [-0.25, -0.2) is 4.79 Å². The van der Waals surface area contributed by atoms with Gasteiger partial charge in [-0.05, 0) is 31.2 Å². The Morgan fingerprint density at radius 3 is 2.40 bits per heavy atom. The second-order valence-electron chi connectivity index (χ2n) is 3.52. The van der Waals surface area contributed by atoms with Crippen molar-refractivity contribution in [3.05, 3.63) is 29.8 Å². The topological polar surface area (TPSA) is 67.8 Å². The molecule has 20 heavy (non-hydrogen) atoms. The fourth-order valence-electron chi connectivity index (χ4n) is 1.18. The number of carbonyl (C=O) groups excluding carboxylic acids is 2. The molecule has 8 heteroatoms. The minimum absolute atomic E-state index is 0.0754. The van der Waals surface area contributed by atoms with Crippen molar-refractivity contribution in [2.24, 2.45) is 5.10 Å². The maximum absolute atomic E-state index is 12.3. The molecule has 5 nitrogen and oxygen atoms in total. The summed E-state index contributed by atoms with van der Waals surface area (Å²) in [7, 11) is 0. The van der Waals surface area contributed by atoms with Crippen LogP contribution in [0.15, 0.2) is 29.4 Å². The lowest BCUT2D eigenvalue weighted by Crippen LogP contribution is -2.20. The van der Waals surface area contributed by atoms with Crippen LogP contribution in [0.3, 0.4) is 0 Å². The predicted molar refractivity (Wildman–Crippen MR) is 65.2 cm³/mol. The minimum Gasteiger partial charge on any atom is -0.461 e. The first-order valence-electron chi connectivity index (χ1n) is 5.51. The van der Waals surface area contributed by atoms with Gasteiger partial charge < -0.3 is 4.74 Å². The van der Waals surface area contributed by atoms with Crippen LogP contribution in [0.5, 0.6) is 0 Å². The average molecular weight is 288 g/mol. The molecule has 0 aliphatic rings. The summed E-state index contributed by atoms with van der Waals surface area (Å²) in [6.45, 7) is 1.63. The van der Waals surface area contributed by atoms with Crippen molar-refractivity contribution in [1.29, 1.82) is 0 Å². The molecular weight excluding hydrogens is 277 g/mol. The number of hydrogen-bond donors (Lipinski definition) is 1. The number of benzene rings is 1. The van der Waals surface area contributed by atoms with Crippen molar-refractivity contribution in [3.63, 3.8) is 0 Å². The molecular formula is C12H11F3N2O3. The summed E-state index contributed by atoms with van der Waals surface area (Å²) in [5.41, 5.74) is 1.18. The van der Waals surface area contributed by atoms with E-state index >= 15 is 0 Å². The second-order valence-corrected chi connectivity index (χ2v) is 3.52. The number of esters is 1. The fourth-order valence-corrected chi connectivity index (χ4v) is 1.18. The molecule has 0 heterocycles. The van der Waals surface area contributed by atoms with Crippen LogP contribution in [0.1, 0.15) is 12.5 Å². The quantitative estimate of drug-likeness (QED) is 0.296. The van der Waals surface area contributed by atoms with Crippen LogP contribution in [0.4, 0.5) is 18.9 Å². The number of hydrogen-bond acceptors (Lipinski definition) is 5. The number of ether oxygens (including phenoxy) is 1. The number of nitrogens with one attached hydrogen (secondary N) is 1. The minimum atomic E-state index is -4.43. The number of anilines is 1. The van der Waals surface area contributed by atoms with Gasteiger partial charge in [-0.1, -0.05) is 0 Å². The number of alkyl halides is 3. The highest BCUT2D eigenvalue weighted by Crippen LogP contribution is 2.29. The van der Waals surface area contributed by atoms with E-state index in [2.05, 4.69) is 15.3 Å². The van der Waals surface area contributed by atoms with E-state index in [-0.39, 0.29) is 18.6 Å². The predicted octanol–water partition coefficient (Wildman–Crippen LogP) is 2.24. The maximum Gasteiger partial charge on any atom is 0.416 e. The second kappa shape index (κ2) is 6.69. The normalized spacial score (nSPS) is 11.9. The molecule has 0 radical (unpaired) electrons. The Bertz CT molecular complexity index is 510.